The fourth-order valence-corrected chi connectivity index (χ4v) is 2.07. The second kappa shape index (κ2) is 5.94. The number of benzene rings is 1. The predicted octanol–water partition coefficient (Wildman–Crippen LogP) is 1.87. The molecule has 0 bridgehead atoms. The number of nitrogens with zero attached hydrogens (tertiary/aromatic N) is 1. The Kier molecular flexibility index (Phi) is 4.27. The van der Waals surface area contributed by atoms with E-state index in [2.05, 4.69) is 0 Å². The third kappa shape index (κ3) is 3.29. The third-order valence-corrected chi connectivity index (χ3v) is 3.24. The first-order chi connectivity index (χ1) is 9.52. The molecule has 1 saturated carbocycles. The summed E-state index contributed by atoms with van der Waals surface area (Å²) in [4.78, 5) is 25.6. The maximum absolute atomic E-state index is 12.5. The van der Waals surface area contributed by atoms with Crippen molar-refractivity contribution in [3.8, 4) is 5.75 Å². The summed E-state index contributed by atoms with van der Waals surface area (Å²) >= 11 is 0. The minimum absolute atomic E-state index is 0.0601. The molecule has 20 heavy (non-hydrogen) atoms. The van der Waals surface area contributed by atoms with Gasteiger partial charge in [0.25, 0.3) is 5.91 Å². The number of aryl methyl sites for hydroxylation is 1. The van der Waals surface area contributed by atoms with E-state index in [0.29, 0.717) is 6.61 Å². The van der Waals surface area contributed by atoms with Crippen molar-refractivity contribution >= 4 is 11.9 Å². The zero-order valence-electron chi connectivity index (χ0n) is 11.8. The summed E-state index contributed by atoms with van der Waals surface area (Å²) in [6.07, 6.45) is 1.77. The first-order valence-corrected chi connectivity index (χ1v) is 6.79. The molecule has 2 rings (SSSR count). The summed E-state index contributed by atoms with van der Waals surface area (Å²) in [7, 11) is 0. The number of rotatable bonds is 5. The molecule has 1 aliphatic rings. The van der Waals surface area contributed by atoms with E-state index < -0.39 is 5.97 Å². The van der Waals surface area contributed by atoms with Crippen LogP contribution in [0.25, 0.3) is 0 Å². The maximum Gasteiger partial charge on any atom is 0.325 e. The van der Waals surface area contributed by atoms with Crippen LogP contribution in [-0.4, -0.2) is 41.1 Å². The van der Waals surface area contributed by atoms with Gasteiger partial charge in [0.15, 0.2) is 0 Å². The molecule has 1 amide bonds. The Balaban J connectivity index is 2.18. The summed E-state index contributed by atoms with van der Waals surface area (Å²) in [5, 5.41) is 9.83. The first-order valence-electron chi connectivity index (χ1n) is 6.79. The van der Waals surface area contributed by atoms with Crippen LogP contribution in [0.3, 0.4) is 0 Å². The van der Waals surface area contributed by atoms with E-state index in [0.717, 1.165) is 18.4 Å². The first kappa shape index (κ1) is 14.4. The second-order valence-corrected chi connectivity index (χ2v) is 4.99. The number of phenolic OH excluding ortho intramolecular Hbond substituents is 1. The van der Waals surface area contributed by atoms with Crippen molar-refractivity contribution in [2.75, 3.05) is 13.2 Å². The van der Waals surface area contributed by atoms with Crippen LogP contribution in [0.1, 0.15) is 35.7 Å². The molecule has 1 aromatic carbocycles. The quantitative estimate of drug-likeness (QED) is 0.834. The van der Waals surface area contributed by atoms with Gasteiger partial charge in [-0.3, -0.25) is 9.59 Å². The molecule has 1 N–H and O–H groups in total. The van der Waals surface area contributed by atoms with Crippen molar-refractivity contribution in [1.82, 2.24) is 4.90 Å². The van der Waals surface area contributed by atoms with Crippen LogP contribution in [0, 0.1) is 6.92 Å². The summed E-state index contributed by atoms with van der Waals surface area (Å²) in [6, 6.07) is 4.95. The molecule has 0 aromatic heterocycles. The van der Waals surface area contributed by atoms with Gasteiger partial charge in [-0.15, -0.1) is 0 Å². The normalized spacial score (nSPS) is 13.9. The zero-order valence-corrected chi connectivity index (χ0v) is 11.8. The van der Waals surface area contributed by atoms with E-state index in [1.165, 1.54) is 11.0 Å². The number of amides is 1. The van der Waals surface area contributed by atoms with Crippen molar-refractivity contribution in [2.45, 2.75) is 32.7 Å². The monoisotopic (exact) mass is 277 g/mol. The van der Waals surface area contributed by atoms with Gasteiger partial charge in [-0.05, 0) is 38.8 Å². The Morgan fingerprint density at radius 3 is 2.70 bits per heavy atom. The number of aromatic hydroxyl groups is 1. The van der Waals surface area contributed by atoms with E-state index in [4.69, 9.17) is 4.74 Å². The number of esters is 1. The third-order valence-electron chi connectivity index (χ3n) is 3.24. The summed E-state index contributed by atoms with van der Waals surface area (Å²) < 4.78 is 4.89. The van der Waals surface area contributed by atoms with Crippen molar-refractivity contribution in [3.05, 3.63) is 29.3 Å². The minimum Gasteiger partial charge on any atom is -0.507 e. The van der Waals surface area contributed by atoms with Crippen molar-refractivity contribution in [2.24, 2.45) is 0 Å². The highest BCUT2D eigenvalue weighted by atomic mass is 16.5. The van der Waals surface area contributed by atoms with E-state index >= 15 is 0 Å². The van der Waals surface area contributed by atoms with Gasteiger partial charge in [-0.2, -0.15) is 0 Å². The SMILES string of the molecule is CCOC(=O)CN(C(=O)c1cc(C)ccc1O)C1CC1. The fraction of sp³-hybridized carbons (Fsp3) is 0.467. The van der Waals surface area contributed by atoms with E-state index in [1.54, 1.807) is 19.1 Å². The predicted molar refractivity (Wildman–Crippen MR) is 73.5 cm³/mol. The van der Waals surface area contributed by atoms with Crippen LogP contribution < -0.4 is 0 Å². The average molecular weight is 277 g/mol. The largest absolute Gasteiger partial charge is 0.507 e. The van der Waals surface area contributed by atoms with E-state index in [-0.39, 0.29) is 29.8 Å². The number of hydrogen-bond acceptors (Lipinski definition) is 4. The summed E-state index contributed by atoms with van der Waals surface area (Å²) in [5.41, 5.74) is 1.12. The number of ether oxygens (including phenoxy) is 1. The van der Waals surface area contributed by atoms with Gasteiger partial charge in [0.05, 0.1) is 12.2 Å². The minimum atomic E-state index is -0.417. The molecule has 0 atom stereocenters. The Morgan fingerprint density at radius 1 is 1.40 bits per heavy atom. The standard InChI is InChI=1S/C15H19NO4/c1-3-20-14(18)9-16(11-5-6-11)15(19)12-8-10(2)4-7-13(12)17/h4,7-8,11,17H,3,5-6,9H2,1-2H3. The number of phenols is 1. The lowest BCUT2D eigenvalue weighted by Crippen LogP contribution is -2.38. The summed E-state index contributed by atoms with van der Waals surface area (Å²) in [6.45, 7) is 3.81. The molecule has 0 radical (unpaired) electrons. The molecule has 0 spiro atoms. The van der Waals surface area contributed by atoms with Crippen LogP contribution in [0.2, 0.25) is 0 Å². The lowest BCUT2D eigenvalue weighted by atomic mass is 10.1. The highest BCUT2D eigenvalue weighted by Gasteiger charge is 2.35. The molecule has 1 fully saturated rings. The van der Waals surface area contributed by atoms with Gasteiger partial charge in [-0.1, -0.05) is 11.6 Å². The molecule has 1 aromatic rings. The molecular formula is C15H19NO4. The van der Waals surface area contributed by atoms with Gasteiger partial charge in [0.1, 0.15) is 12.3 Å². The highest BCUT2D eigenvalue weighted by molar-refractivity contribution is 5.98. The van der Waals surface area contributed by atoms with E-state index in [9.17, 15) is 14.7 Å². The van der Waals surface area contributed by atoms with Gasteiger partial charge in [-0.25, -0.2) is 0 Å². The van der Waals surface area contributed by atoms with E-state index in [1.807, 2.05) is 6.92 Å². The lowest BCUT2D eigenvalue weighted by molar-refractivity contribution is -0.144. The second-order valence-electron chi connectivity index (χ2n) is 4.99. The van der Waals surface area contributed by atoms with Crippen LogP contribution >= 0.6 is 0 Å². The molecule has 5 heteroatoms. The molecule has 0 heterocycles. The van der Waals surface area contributed by atoms with Crippen molar-refractivity contribution in [3.63, 3.8) is 0 Å². The van der Waals surface area contributed by atoms with Gasteiger partial charge >= 0.3 is 5.97 Å². The Morgan fingerprint density at radius 2 is 2.10 bits per heavy atom. The number of carbonyl (C=O) groups excluding carboxylic acids is 2. The Bertz CT molecular complexity index is 523. The van der Waals surface area contributed by atoms with Gasteiger partial charge < -0.3 is 14.7 Å². The van der Waals surface area contributed by atoms with Crippen LogP contribution in [0.4, 0.5) is 0 Å². The van der Waals surface area contributed by atoms with Crippen molar-refractivity contribution in [1.29, 1.82) is 0 Å². The molecular weight excluding hydrogens is 258 g/mol. The highest BCUT2D eigenvalue weighted by Crippen LogP contribution is 2.30. The van der Waals surface area contributed by atoms with Crippen LogP contribution in [0.15, 0.2) is 18.2 Å². The lowest BCUT2D eigenvalue weighted by Gasteiger charge is -2.22. The summed E-state index contributed by atoms with van der Waals surface area (Å²) in [5.74, 6) is -0.795. The molecule has 0 unspecified atom stereocenters. The topological polar surface area (TPSA) is 66.8 Å². The zero-order chi connectivity index (χ0) is 14.7. The molecule has 5 nitrogen and oxygen atoms in total. The molecule has 0 aliphatic heterocycles. The Hall–Kier alpha value is -2.04. The van der Waals surface area contributed by atoms with Crippen molar-refractivity contribution < 1.29 is 19.4 Å². The Labute approximate surface area is 118 Å². The fourth-order valence-electron chi connectivity index (χ4n) is 2.07. The smallest absolute Gasteiger partial charge is 0.325 e. The molecule has 1 aliphatic carbocycles. The average Bonchev–Trinajstić information content (AvgIpc) is 3.23. The van der Waals surface area contributed by atoms with Crippen LogP contribution in [-0.2, 0) is 9.53 Å². The van der Waals surface area contributed by atoms with Gasteiger partial charge in [0, 0.05) is 6.04 Å². The number of hydrogen-bond donors (Lipinski definition) is 1. The number of carbonyl (C=O) groups is 2. The molecule has 0 saturated heterocycles. The molecule has 108 valence electrons. The van der Waals surface area contributed by atoms with Crippen LogP contribution in [0.5, 0.6) is 5.75 Å². The van der Waals surface area contributed by atoms with Gasteiger partial charge in [0.2, 0.25) is 0 Å². The maximum atomic E-state index is 12.5.